The molecule has 148 valence electrons. The average molecular weight is 428 g/mol. The molecule has 0 aliphatic carbocycles. The Labute approximate surface area is 176 Å². The minimum Gasteiger partial charge on any atom is -0.482 e. The van der Waals surface area contributed by atoms with Crippen LogP contribution in [0.4, 0.5) is 11.4 Å². The number of amides is 2. The van der Waals surface area contributed by atoms with Crippen LogP contribution in [0.15, 0.2) is 30.3 Å². The van der Waals surface area contributed by atoms with E-state index in [1.54, 1.807) is 12.1 Å². The highest BCUT2D eigenvalue weighted by molar-refractivity contribution is 7.17. The van der Waals surface area contributed by atoms with Crippen molar-refractivity contribution in [1.82, 2.24) is 4.98 Å². The molecule has 0 fully saturated rings. The van der Waals surface area contributed by atoms with E-state index in [1.807, 2.05) is 32.9 Å². The number of hydrogen-bond acceptors (Lipinski definition) is 5. The number of fused-ring (bicyclic) bond motifs is 1. The van der Waals surface area contributed by atoms with Gasteiger partial charge in [0, 0.05) is 11.6 Å². The molecular weight excluding hydrogens is 410 g/mol. The van der Waals surface area contributed by atoms with E-state index in [0.717, 1.165) is 16.1 Å². The van der Waals surface area contributed by atoms with Crippen molar-refractivity contribution in [3.63, 3.8) is 0 Å². The summed E-state index contributed by atoms with van der Waals surface area (Å²) in [5.41, 5.74) is 4.85. The van der Waals surface area contributed by atoms with Crippen molar-refractivity contribution in [2.45, 2.75) is 20.8 Å². The third-order valence-electron chi connectivity index (χ3n) is 4.57. The van der Waals surface area contributed by atoms with Crippen molar-refractivity contribution < 1.29 is 14.3 Å². The normalized spacial score (nSPS) is 12.8. The molecule has 8 heteroatoms. The number of hydrogen-bond donors (Lipinski definition) is 2. The van der Waals surface area contributed by atoms with Gasteiger partial charge in [0.05, 0.1) is 22.1 Å². The molecule has 1 aliphatic rings. The molecule has 2 amide bonds. The lowest BCUT2D eigenvalue weighted by atomic mass is 10.1. The van der Waals surface area contributed by atoms with Gasteiger partial charge in [-0.05, 0) is 32.4 Å². The van der Waals surface area contributed by atoms with Crippen LogP contribution >= 0.6 is 22.9 Å². The third-order valence-corrected chi connectivity index (χ3v) is 6.07. The van der Waals surface area contributed by atoms with Crippen molar-refractivity contribution >= 4 is 46.1 Å². The van der Waals surface area contributed by atoms with Crippen molar-refractivity contribution in [1.29, 1.82) is 0 Å². The number of aryl methyl sites for hydroxylation is 3. The van der Waals surface area contributed by atoms with Gasteiger partial charge in [0.1, 0.15) is 15.6 Å². The summed E-state index contributed by atoms with van der Waals surface area (Å²) in [4.78, 5) is 29.4. The first-order chi connectivity index (χ1) is 13.8. The first-order valence-corrected chi connectivity index (χ1v) is 10.1. The standard InChI is InChI=1S/C21H18ClN3O3S/c1-10-4-5-13(11(2)6-10)21-23-12(3)19(29-21)20(27)25-15-8-17-16(7-14(15)22)24-18(26)9-28-17/h4-8H,9H2,1-3H3,(H,24,26)(H,25,27). The zero-order valence-electron chi connectivity index (χ0n) is 16.1. The molecule has 0 bridgehead atoms. The van der Waals surface area contributed by atoms with Gasteiger partial charge in [-0.3, -0.25) is 9.59 Å². The molecule has 0 saturated heterocycles. The Kier molecular flexibility index (Phi) is 5.02. The van der Waals surface area contributed by atoms with Crippen molar-refractivity contribution in [3.8, 4) is 16.3 Å². The Bertz CT molecular complexity index is 1160. The molecule has 29 heavy (non-hydrogen) atoms. The van der Waals surface area contributed by atoms with Crippen LogP contribution in [0.3, 0.4) is 0 Å². The molecule has 1 aliphatic heterocycles. The van der Waals surface area contributed by atoms with E-state index >= 15 is 0 Å². The molecule has 2 aromatic carbocycles. The Balaban J connectivity index is 1.61. The van der Waals surface area contributed by atoms with E-state index in [2.05, 4.69) is 21.7 Å². The van der Waals surface area contributed by atoms with E-state index in [-0.39, 0.29) is 18.4 Å². The van der Waals surface area contributed by atoms with Gasteiger partial charge in [0.25, 0.3) is 11.8 Å². The van der Waals surface area contributed by atoms with Crippen LogP contribution in [0, 0.1) is 20.8 Å². The highest BCUT2D eigenvalue weighted by Crippen LogP contribution is 2.37. The monoisotopic (exact) mass is 427 g/mol. The number of ether oxygens (including phenoxy) is 1. The lowest BCUT2D eigenvalue weighted by Gasteiger charge is -2.19. The van der Waals surface area contributed by atoms with Crippen LogP contribution in [0.1, 0.15) is 26.5 Å². The summed E-state index contributed by atoms with van der Waals surface area (Å²) in [6, 6.07) is 9.32. The van der Waals surface area contributed by atoms with E-state index in [9.17, 15) is 9.59 Å². The number of thiazole rings is 1. The SMILES string of the molecule is Cc1ccc(-c2nc(C)c(C(=O)Nc3cc4c(cc3Cl)NC(=O)CO4)s2)c(C)c1. The summed E-state index contributed by atoms with van der Waals surface area (Å²) in [6.45, 7) is 5.81. The zero-order chi connectivity index (χ0) is 20.7. The van der Waals surface area contributed by atoms with Gasteiger partial charge in [0.15, 0.2) is 6.61 Å². The van der Waals surface area contributed by atoms with Gasteiger partial charge in [-0.25, -0.2) is 4.98 Å². The summed E-state index contributed by atoms with van der Waals surface area (Å²) in [7, 11) is 0. The average Bonchev–Trinajstić information content (AvgIpc) is 3.04. The Morgan fingerprint density at radius 2 is 2.03 bits per heavy atom. The highest BCUT2D eigenvalue weighted by Gasteiger charge is 2.21. The van der Waals surface area contributed by atoms with E-state index in [4.69, 9.17) is 16.3 Å². The van der Waals surface area contributed by atoms with Crippen LogP contribution in [0.25, 0.3) is 10.6 Å². The fraction of sp³-hybridized carbons (Fsp3) is 0.190. The number of nitrogens with one attached hydrogen (secondary N) is 2. The van der Waals surface area contributed by atoms with Crippen LogP contribution in [0.2, 0.25) is 5.02 Å². The van der Waals surface area contributed by atoms with Gasteiger partial charge in [-0.1, -0.05) is 35.4 Å². The summed E-state index contributed by atoms with van der Waals surface area (Å²) < 4.78 is 5.40. The lowest BCUT2D eigenvalue weighted by molar-refractivity contribution is -0.118. The van der Waals surface area contributed by atoms with Gasteiger partial charge in [-0.2, -0.15) is 0 Å². The third kappa shape index (κ3) is 3.83. The first kappa shape index (κ1) is 19.4. The molecular formula is C21H18ClN3O3S. The van der Waals surface area contributed by atoms with Gasteiger partial charge in [0.2, 0.25) is 0 Å². The minimum atomic E-state index is -0.294. The van der Waals surface area contributed by atoms with Crippen molar-refractivity contribution in [3.05, 3.63) is 57.1 Å². The predicted octanol–water partition coefficient (Wildman–Crippen LogP) is 4.97. The van der Waals surface area contributed by atoms with Crippen molar-refractivity contribution in [2.24, 2.45) is 0 Å². The van der Waals surface area contributed by atoms with Gasteiger partial charge in [-0.15, -0.1) is 11.3 Å². The minimum absolute atomic E-state index is 0.0742. The largest absolute Gasteiger partial charge is 0.482 e. The molecule has 1 aromatic heterocycles. The molecule has 4 rings (SSSR count). The number of carbonyl (C=O) groups is 2. The highest BCUT2D eigenvalue weighted by atomic mass is 35.5. The molecule has 0 radical (unpaired) electrons. The fourth-order valence-electron chi connectivity index (χ4n) is 3.15. The molecule has 0 unspecified atom stereocenters. The molecule has 6 nitrogen and oxygen atoms in total. The van der Waals surface area contributed by atoms with Gasteiger partial charge < -0.3 is 15.4 Å². The van der Waals surface area contributed by atoms with E-state index in [0.29, 0.717) is 32.7 Å². The van der Waals surface area contributed by atoms with Crippen LogP contribution < -0.4 is 15.4 Å². The first-order valence-electron chi connectivity index (χ1n) is 8.94. The van der Waals surface area contributed by atoms with Crippen LogP contribution in [0.5, 0.6) is 5.75 Å². The summed E-state index contributed by atoms with van der Waals surface area (Å²) in [6.07, 6.45) is 0. The number of rotatable bonds is 3. The number of anilines is 2. The molecule has 3 aromatic rings. The van der Waals surface area contributed by atoms with Crippen LogP contribution in [-0.4, -0.2) is 23.4 Å². The maximum atomic E-state index is 12.9. The van der Waals surface area contributed by atoms with E-state index in [1.165, 1.54) is 16.9 Å². The number of carbonyl (C=O) groups excluding carboxylic acids is 2. The number of halogens is 1. The summed E-state index contributed by atoms with van der Waals surface area (Å²) in [5.74, 6) is -0.0800. The maximum Gasteiger partial charge on any atom is 0.267 e. The molecule has 0 saturated carbocycles. The molecule has 2 heterocycles. The topological polar surface area (TPSA) is 80.3 Å². The number of benzene rings is 2. The second-order valence-corrected chi connectivity index (χ2v) is 8.28. The van der Waals surface area contributed by atoms with Crippen LogP contribution in [-0.2, 0) is 4.79 Å². The predicted molar refractivity (Wildman–Crippen MR) is 115 cm³/mol. The summed E-state index contributed by atoms with van der Waals surface area (Å²) in [5, 5.41) is 6.61. The van der Waals surface area contributed by atoms with E-state index < -0.39 is 0 Å². The second-order valence-electron chi connectivity index (χ2n) is 6.87. The molecule has 0 spiro atoms. The Hall–Kier alpha value is -2.90. The zero-order valence-corrected chi connectivity index (χ0v) is 17.6. The smallest absolute Gasteiger partial charge is 0.267 e. The fourth-order valence-corrected chi connectivity index (χ4v) is 4.41. The number of aromatic nitrogens is 1. The summed E-state index contributed by atoms with van der Waals surface area (Å²) >= 11 is 7.62. The Morgan fingerprint density at radius 3 is 2.79 bits per heavy atom. The van der Waals surface area contributed by atoms with Gasteiger partial charge >= 0.3 is 0 Å². The van der Waals surface area contributed by atoms with Crippen molar-refractivity contribution in [2.75, 3.05) is 17.2 Å². The maximum absolute atomic E-state index is 12.9. The second kappa shape index (κ2) is 7.50. The molecule has 0 atom stereocenters. The Morgan fingerprint density at radius 1 is 1.24 bits per heavy atom. The lowest BCUT2D eigenvalue weighted by Crippen LogP contribution is -2.25. The molecule has 2 N–H and O–H groups in total. The quantitative estimate of drug-likeness (QED) is 0.618. The number of nitrogens with zero attached hydrogens (tertiary/aromatic N) is 1.